The summed E-state index contributed by atoms with van der Waals surface area (Å²) in [7, 11) is 0. The molecule has 3 rings (SSSR count). The first kappa shape index (κ1) is 8.28. The molecule has 2 aliphatic carbocycles. The zero-order valence-electron chi connectivity index (χ0n) is 8.76. The van der Waals surface area contributed by atoms with Crippen LogP contribution in [0, 0.1) is 11.8 Å². The predicted octanol–water partition coefficient (Wildman–Crippen LogP) is 2.66. The van der Waals surface area contributed by atoms with Crippen molar-refractivity contribution in [3.63, 3.8) is 0 Å². The Bertz CT molecular complexity index is 207. The Labute approximate surface area is 81.5 Å². The molecule has 3 atom stereocenters. The normalized spacial score (nSPS) is 50.5. The van der Waals surface area contributed by atoms with Gasteiger partial charge in [-0.25, -0.2) is 0 Å². The van der Waals surface area contributed by atoms with Crippen molar-refractivity contribution in [1.82, 2.24) is 4.90 Å². The van der Waals surface area contributed by atoms with E-state index in [-0.39, 0.29) is 0 Å². The van der Waals surface area contributed by atoms with E-state index in [4.69, 9.17) is 0 Å². The molecule has 3 fully saturated rings. The third-order valence-electron chi connectivity index (χ3n) is 4.96. The lowest BCUT2D eigenvalue weighted by atomic mass is 10.0. The second kappa shape index (κ2) is 2.73. The van der Waals surface area contributed by atoms with Crippen molar-refractivity contribution in [3.8, 4) is 0 Å². The molecule has 0 aromatic rings. The van der Waals surface area contributed by atoms with Crippen LogP contribution in [-0.2, 0) is 0 Å². The lowest BCUT2D eigenvalue weighted by Gasteiger charge is -2.35. The Hall–Kier alpha value is -0.0400. The molecule has 1 aliphatic heterocycles. The third kappa shape index (κ3) is 0.971. The van der Waals surface area contributed by atoms with E-state index in [1.807, 2.05) is 0 Å². The monoisotopic (exact) mass is 179 g/mol. The number of hydrogen-bond donors (Lipinski definition) is 0. The third-order valence-corrected chi connectivity index (χ3v) is 4.96. The number of fused-ring (bicyclic) bond motifs is 1. The van der Waals surface area contributed by atoms with Gasteiger partial charge in [-0.3, -0.25) is 4.90 Å². The first-order valence-electron chi connectivity index (χ1n) is 6.11. The average Bonchev–Trinajstić information content (AvgIpc) is 2.63. The van der Waals surface area contributed by atoms with Crippen molar-refractivity contribution in [1.29, 1.82) is 0 Å². The molecule has 1 heterocycles. The van der Waals surface area contributed by atoms with E-state index >= 15 is 0 Å². The van der Waals surface area contributed by atoms with Crippen LogP contribution >= 0.6 is 0 Å². The smallest absolute Gasteiger partial charge is 0.0269 e. The lowest BCUT2D eigenvalue weighted by Crippen LogP contribution is -2.42. The number of nitrogens with zero attached hydrogens (tertiary/aromatic N) is 1. The zero-order chi connectivity index (χ0) is 8.89. The van der Waals surface area contributed by atoms with Crippen LogP contribution in [0.5, 0.6) is 0 Å². The summed E-state index contributed by atoms with van der Waals surface area (Å²) in [5.41, 5.74) is 0.723. The summed E-state index contributed by atoms with van der Waals surface area (Å²) in [5.74, 6) is 2.12. The van der Waals surface area contributed by atoms with Crippen LogP contribution in [-0.4, -0.2) is 23.5 Å². The van der Waals surface area contributed by atoms with E-state index in [1.54, 1.807) is 0 Å². The maximum absolute atomic E-state index is 2.85. The highest BCUT2D eigenvalue weighted by molar-refractivity contribution is 5.20. The molecule has 1 saturated heterocycles. The second-order valence-corrected chi connectivity index (χ2v) is 5.33. The highest BCUT2D eigenvalue weighted by Gasteiger charge is 2.66. The summed E-state index contributed by atoms with van der Waals surface area (Å²) >= 11 is 0. The molecule has 74 valence electrons. The molecule has 1 heteroatoms. The first-order chi connectivity index (χ1) is 6.36. The summed E-state index contributed by atoms with van der Waals surface area (Å²) in [5, 5.41) is 0. The van der Waals surface area contributed by atoms with Gasteiger partial charge in [0.05, 0.1) is 0 Å². The van der Waals surface area contributed by atoms with E-state index in [9.17, 15) is 0 Å². The fourth-order valence-electron chi connectivity index (χ4n) is 4.22. The lowest BCUT2D eigenvalue weighted by molar-refractivity contribution is 0.129. The van der Waals surface area contributed by atoms with Gasteiger partial charge in [-0.1, -0.05) is 19.8 Å². The van der Waals surface area contributed by atoms with Gasteiger partial charge >= 0.3 is 0 Å². The molecule has 0 amide bonds. The number of hydrogen-bond acceptors (Lipinski definition) is 1. The highest BCUT2D eigenvalue weighted by atomic mass is 15.3. The van der Waals surface area contributed by atoms with Gasteiger partial charge in [-0.15, -0.1) is 0 Å². The van der Waals surface area contributed by atoms with Crippen molar-refractivity contribution in [2.75, 3.05) is 13.1 Å². The first-order valence-corrected chi connectivity index (χ1v) is 6.11. The summed E-state index contributed by atoms with van der Waals surface area (Å²) in [4.78, 5) is 2.85. The molecule has 0 bridgehead atoms. The quantitative estimate of drug-likeness (QED) is 0.598. The van der Waals surface area contributed by atoms with Crippen molar-refractivity contribution < 1.29 is 0 Å². The minimum atomic E-state index is 0.723. The summed E-state index contributed by atoms with van der Waals surface area (Å²) < 4.78 is 0. The summed E-state index contributed by atoms with van der Waals surface area (Å²) in [6.45, 7) is 5.29. The van der Waals surface area contributed by atoms with Crippen molar-refractivity contribution in [2.24, 2.45) is 11.8 Å². The van der Waals surface area contributed by atoms with Crippen molar-refractivity contribution >= 4 is 0 Å². The minimum Gasteiger partial charge on any atom is -0.297 e. The Kier molecular flexibility index (Phi) is 1.74. The second-order valence-electron chi connectivity index (χ2n) is 5.33. The molecule has 13 heavy (non-hydrogen) atoms. The molecule has 0 spiro atoms. The van der Waals surface area contributed by atoms with Crippen LogP contribution in [0.15, 0.2) is 0 Å². The van der Waals surface area contributed by atoms with E-state index in [2.05, 4.69) is 11.8 Å². The van der Waals surface area contributed by atoms with Gasteiger partial charge in [0, 0.05) is 5.54 Å². The predicted molar refractivity (Wildman–Crippen MR) is 54.7 cm³/mol. The molecule has 0 aromatic carbocycles. The average molecular weight is 179 g/mol. The minimum absolute atomic E-state index is 0.723. The largest absolute Gasteiger partial charge is 0.297 e. The van der Waals surface area contributed by atoms with E-state index in [1.165, 1.54) is 51.6 Å². The highest BCUT2D eigenvalue weighted by Crippen LogP contribution is 2.64. The molecular formula is C12H21N. The number of rotatable bonds is 1. The van der Waals surface area contributed by atoms with Crippen LogP contribution < -0.4 is 0 Å². The molecule has 0 radical (unpaired) electrons. The molecule has 3 aliphatic rings. The van der Waals surface area contributed by atoms with Gasteiger partial charge in [-0.05, 0) is 50.6 Å². The van der Waals surface area contributed by atoms with Crippen LogP contribution in [0.2, 0.25) is 0 Å². The van der Waals surface area contributed by atoms with Crippen LogP contribution in [0.3, 0.4) is 0 Å². The topological polar surface area (TPSA) is 3.24 Å². The number of piperidine rings is 1. The van der Waals surface area contributed by atoms with Crippen LogP contribution in [0.1, 0.15) is 45.4 Å². The van der Waals surface area contributed by atoms with Crippen LogP contribution in [0.25, 0.3) is 0 Å². The molecule has 1 nitrogen and oxygen atoms in total. The Balaban J connectivity index is 1.76. The Morgan fingerprint density at radius 1 is 1.08 bits per heavy atom. The van der Waals surface area contributed by atoms with Gasteiger partial charge in [-0.2, -0.15) is 0 Å². The molecule has 0 unspecified atom stereocenters. The van der Waals surface area contributed by atoms with Crippen molar-refractivity contribution in [2.45, 2.75) is 51.0 Å². The van der Waals surface area contributed by atoms with Gasteiger partial charge in [0.15, 0.2) is 0 Å². The maximum atomic E-state index is 2.85. The van der Waals surface area contributed by atoms with E-state index in [0.29, 0.717) is 0 Å². The van der Waals surface area contributed by atoms with Crippen LogP contribution in [0.4, 0.5) is 0 Å². The summed E-state index contributed by atoms with van der Waals surface area (Å²) in [6, 6.07) is 0. The Morgan fingerprint density at radius 2 is 1.85 bits per heavy atom. The Morgan fingerprint density at radius 3 is 2.46 bits per heavy atom. The van der Waals surface area contributed by atoms with Gasteiger partial charge in [0.1, 0.15) is 0 Å². The fourth-order valence-corrected chi connectivity index (χ4v) is 4.22. The maximum Gasteiger partial charge on any atom is 0.0269 e. The SMILES string of the molecule is C[C@H]1[C@@H]2CCC[C@]12N1CCCCC1. The van der Waals surface area contributed by atoms with Gasteiger partial charge < -0.3 is 0 Å². The molecule has 2 saturated carbocycles. The van der Waals surface area contributed by atoms with E-state index in [0.717, 1.165) is 17.4 Å². The molecule has 0 aromatic heterocycles. The molecular weight excluding hydrogens is 158 g/mol. The zero-order valence-corrected chi connectivity index (χ0v) is 8.76. The van der Waals surface area contributed by atoms with Gasteiger partial charge in [0.2, 0.25) is 0 Å². The van der Waals surface area contributed by atoms with E-state index < -0.39 is 0 Å². The standard InChI is InChI=1S/C12H21N/c1-10-11-6-5-7-12(10,11)13-8-3-2-4-9-13/h10-11H,2-9H2,1H3/t10-,11-,12-/m0/s1. The molecule has 0 N–H and O–H groups in total. The fraction of sp³-hybridized carbons (Fsp3) is 1.00. The van der Waals surface area contributed by atoms with Gasteiger partial charge in [0.25, 0.3) is 0 Å². The van der Waals surface area contributed by atoms with Crippen molar-refractivity contribution in [3.05, 3.63) is 0 Å². The number of likely N-dealkylation sites (tertiary alicyclic amines) is 1. The summed E-state index contributed by atoms with van der Waals surface area (Å²) in [6.07, 6.45) is 8.94.